The number of piperidine rings is 1. The lowest BCUT2D eigenvalue weighted by molar-refractivity contribution is -0.122. The monoisotopic (exact) mass is 326 g/mol. The van der Waals surface area contributed by atoms with Crippen molar-refractivity contribution in [1.82, 2.24) is 10.6 Å². The van der Waals surface area contributed by atoms with E-state index in [1.165, 1.54) is 0 Å². The maximum atomic E-state index is 12.5. The Hall–Kier alpha value is -2.24. The van der Waals surface area contributed by atoms with Crippen molar-refractivity contribution in [3.63, 3.8) is 0 Å². The quantitative estimate of drug-likeness (QED) is 0.730. The van der Waals surface area contributed by atoms with Crippen LogP contribution in [-0.2, 0) is 4.79 Å². The molecule has 2 atom stereocenters. The molecule has 3 N–H and O–H groups in total. The molecule has 5 nitrogen and oxygen atoms in total. The van der Waals surface area contributed by atoms with Crippen LogP contribution in [-0.4, -0.2) is 42.0 Å². The Bertz CT molecular complexity index is 739. The van der Waals surface area contributed by atoms with Crippen LogP contribution in [0.2, 0.25) is 0 Å². The molecule has 0 aromatic heterocycles. The molecule has 5 heteroatoms. The van der Waals surface area contributed by atoms with Gasteiger partial charge in [-0.15, -0.1) is 0 Å². The van der Waals surface area contributed by atoms with Crippen LogP contribution in [0.4, 0.5) is 0 Å². The second kappa shape index (κ2) is 7.55. The van der Waals surface area contributed by atoms with Gasteiger partial charge >= 0.3 is 0 Å². The third-order valence-electron chi connectivity index (χ3n) is 4.47. The predicted octanol–water partition coefficient (Wildman–Crippen LogP) is 1.64. The normalized spacial score (nSPS) is 20.7. The molecule has 24 heavy (non-hydrogen) atoms. The zero-order valence-electron chi connectivity index (χ0n) is 13.5. The highest BCUT2D eigenvalue weighted by molar-refractivity contribution is 6.08. The van der Waals surface area contributed by atoms with E-state index in [0.717, 1.165) is 17.3 Å². The molecule has 1 aliphatic heterocycles. The van der Waals surface area contributed by atoms with Crippen LogP contribution in [0.15, 0.2) is 42.5 Å². The van der Waals surface area contributed by atoms with E-state index in [9.17, 15) is 14.7 Å². The number of β-amino-alcohol motifs (C(OH)–C–C–N with tert-alkyl or cyclic N) is 1. The largest absolute Gasteiger partial charge is 0.390 e. The van der Waals surface area contributed by atoms with E-state index in [-0.39, 0.29) is 30.6 Å². The van der Waals surface area contributed by atoms with Crippen LogP contribution in [0, 0.1) is 0 Å². The Morgan fingerprint density at radius 1 is 1.12 bits per heavy atom. The second-order valence-corrected chi connectivity index (χ2v) is 6.18. The van der Waals surface area contributed by atoms with Crippen molar-refractivity contribution >= 4 is 22.5 Å². The maximum Gasteiger partial charge on any atom is 0.220 e. The molecule has 0 radical (unpaired) electrons. The Labute approximate surface area is 141 Å². The lowest BCUT2D eigenvalue weighted by Crippen LogP contribution is -2.52. The Kier molecular flexibility index (Phi) is 5.23. The first kappa shape index (κ1) is 16.6. The number of rotatable bonds is 5. The van der Waals surface area contributed by atoms with Gasteiger partial charge in [0.2, 0.25) is 5.91 Å². The summed E-state index contributed by atoms with van der Waals surface area (Å²) in [6.07, 6.45) is 0.431. The number of fused-ring (bicyclic) bond motifs is 1. The van der Waals surface area contributed by atoms with Crippen LogP contribution >= 0.6 is 0 Å². The molecule has 1 amide bonds. The number of ketones is 1. The summed E-state index contributed by atoms with van der Waals surface area (Å²) >= 11 is 0. The molecule has 126 valence electrons. The van der Waals surface area contributed by atoms with Crippen LogP contribution in [0.5, 0.6) is 0 Å². The molecule has 1 saturated heterocycles. The number of nitrogens with one attached hydrogen (secondary N) is 2. The molecule has 0 saturated carbocycles. The summed E-state index contributed by atoms with van der Waals surface area (Å²) in [7, 11) is 0. The summed E-state index contributed by atoms with van der Waals surface area (Å²) < 4.78 is 0. The van der Waals surface area contributed by atoms with E-state index < -0.39 is 6.10 Å². The standard InChI is InChI=1S/C19H22N2O3/c22-17(15-7-3-5-13-4-1-2-6-14(13)15)8-9-19(24)21-16-10-11-20-12-18(16)23/h1-7,16,18,20,23H,8-12H2,(H,21,24). The van der Waals surface area contributed by atoms with E-state index in [0.29, 0.717) is 18.5 Å². The van der Waals surface area contributed by atoms with Gasteiger partial charge < -0.3 is 15.7 Å². The molecule has 1 heterocycles. The first-order valence-electron chi connectivity index (χ1n) is 8.34. The van der Waals surface area contributed by atoms with Crippen LogP contribution in [0.3, 0.4) is 0 Å². The maximum absolute atomic E-state index is 12.5. The number of benzene rings is 2. The van der Waals surface area contributed by atoms with E-state index in [4.69, 9.17) is 0 Å². The average molecular weight is 326 g/mol. The number of hydrogen-bond donors (Lipinski definition) is 3. The van der Waals surface area contributed by atoms with Crippen molar-refractivity contribution in [2.24, 2.45) is 0 Å². The van der Waals surface area contributed by atoms with Gasteiger partial charge in [0.05, 0.1) is 12.1 Å². The summed E-state index contributed by atoms with van der Waals surface area (Å²) in [6.45, 7) is 1.26. The summed E-state index contributed by atoms with van der Waals surface area (Å²) in [5, 5.41) is 17.7. The number of hydrogen-bond acceptors (Lipinski definition) is 4. The van der Waals surface area contributed by atoms with E-state index in [2.05, 4.69) is 10.6 Å². The van der Waals surface area contributed by atoms with Crippen molar-refractivity contribution in [2.75, 3.05) is 13.1 Å². The number of aliphatic hydroxyl groups is 1. The minimum Gasteiger partial charge on any atom is -0.390 e. The molecule has 2 aromatic carbocycles. The fourth-order valence-corrected chi connectivity index (χ4v) is 3.12. The zero-order valence-corrected chi connectivity index (χ0v) is 13.5. The van der Waals surface area contributed by atoms with Gasteiger partial charge in [0.25, 0.3) is 0 Å². The molecule has 0 spiro atoms. The van der Waals surface area contributed by atoms with Gasteiger partial charge in [0, 0.05) is 24.9 Å². The second-order valence-electron chi connectivity index (χ2n) is 6.18. The van der Waals surface area contributed by atoms with E-state index in [1.54, 1.807) is 6.07 Å². The van der Waals surface area contributed by atoms with Gasteiger partial charge in [-0.25, -0.2) is 0 Å². The highest BCUT2D eigenvalue weighted by Gasteiger charge is 2.24. The van der Waals surface area contributed by atoms with Gasteiger partial charge in [-0.2, -0.15) is 0 Å². The first-order chi connectivity index (χ1) is 11.6. The smallest absolute Gasteiger partial charge is 0.220 e. The summed E-state index contributed by atoms with van der Waals surface area (Å²) in [5.41, 5.74) is 0.655. The third kappa shape index (κ3) is 3.80. The Morgan fingerprint density at radius 3 is 2.75 bits per heavy atom. The molecular weight excluding hydrogens is 304 g/mol. The number of carbonyl (C=O) groups excluding carboxylic acids is 2. The summed E-state index contributed by atoms with van der Waals surface area (Å²) in [5.74, 6) is -0.220. The average Bonchev–Trinajstić information content (AvgIpc) is 2.61. The van der Waals surface area contributed by atoms with Crippen LogP contribution < -0.4 is 10.6 Å². The summed E-state index contributed by atoms with van der Waals surface area (Å²) in [6, 6.07) is 13.1. The van der Waals surface area contributed by atoms with Crippen molar-refractivity contribution in [2.45, 2.75) is 31.4 Å². The number of Topliss-reactive ketones (excluding diaryl/α,β-unsaturated/α-hetero) is 1. The molecular formula is C19H22N2O3. The first-order valence-corrected chi connectivity index (χ1v) is 8.34. The van der Waals surface area contributed by atoms with Gasteiger partial charge in [0.1, 0.15) is 0 Å². The summed E-state index contributed by atoms with van der Waals surface area (Å²) in [4.78, 5) is 24.5. The lowest BCUT2D eigenvalue weighted by Gasteiger charge is -2.29. The minimum atomic E-state index is -0.573. The lowest BCUT2D eigenvalue weighted by atomic mass is 9.98. The van der Waals surface area contributed by atoms with Crippen LogP contribution in [0.1, 0.15) is 29.6 Å². The van der Waals surface area contributed by atoms with Gasteiger partial charge in [-0.1, -0.05) is 42.5 Å². The molecule has 2 aromatic rings. The molecule has 2 unspecified atom stereocenters. The van der Waals surface area contributed by atoms with Gasteiger partial charge in [0.15, 0.2) is 5.78 Å². The van der Waals surface area contributed by atoms with Crippen LogP contribution in [0.25, 0.3) is 10.8 Å². The Balaban J connectivity index is 1.59. The van der Waals surface area contributed by atoms with E-state index >= 15 is 0 Å². The zero-order chi connectivity index (χ0) is 16.9. The molecule has 1 fully saturated rings. The van der Waals surface area contributed by atoms with Gasteiger partial charge in [-0.3, -0.25) is 9.59 Å². The highest BCUT2D eigenvalue weighted by atomic mass is 16.3. The van der Waals surface area contributed by atoms with Crippen molar-refractivity contribution in [1.29, 1.82) is 0 Å². The molecule has 3 rings (SSSR count). The van der Waals surface area contributed by atoms with Crippen molar-refractivity contribution in [3.8, 4) is 0 Å². The fourth-order valence-electron chi connectivity index (χ4n) is 3.12. The number of carbonyl (C=O) groups is 2. The van der Waals surface area contributed by atoms with Crippen molar-refractivity contribution in [3.05, 3.63) is 48.0 Å². The fraction of sp³-hybridized carbons (Fsp3) is 0.368. The number of amides is 1. The minimum absolute atomic E-state index is 0.0344. The Morgan fingerprint density at radius 2 is 1.92 bits per heavy atom. The predicted molar refractivity (Wildman–Crippen MR) is 92.9 cm³/mol. The SMILES string of the molecule is O=C(CCC(=O)c1cccc2ccccc12)NC1CCNCC1O. The number of aliphatic hydroxyl groups excluding tert-OH is 1. The third-order valence-corrected chi connectivity index (χ3v) is 4.47. The highest BCUT2D eigenvalue weighted by Crippen LogP contribution is 2.20. The molecule has 0 aliphatic carbocycles. The van der Waals surface area contributed by atoms with Gasteiger partial charge in [-0.05, 0) is 23.7 Å². The van der Waals surface area contributed by atoms with Crippen molar-refractivity contribution < 1.29 is 14.7 Å². The van der Waals surface area contributed by atoms with E-state index in [1.807, 2.05) is 36.4 Å². The molecule has 1 aliphatic rings. The topological polar surface area (TPSA) is 78.4 Å². The molecule has 0 bridgehead atoms.